The number of benzene rings is 1. The minimum atomic E-state index is -0.0520. The first kappa shape index (κ1) is 14.4. The Bertz CT molecular complexity index is 391. The molecule has 1 aromatic carbocycles. The zero-order valence-electron chi connectivity index (χ0n) is 11.3. The summed E-state index contributed by atoms with van der Waals surface area (Å²) in [7, 11) is 1.63. The third-order valence-electron chi connectivity index (χ3n) is 2.50. The number of aryl methyl sites for hydroxylation is 1. The number of methoxy groups -OCH3 is 1. The Kier molecular flexibility index (Phi) is 6.05. The number of nitrogens with one attached hydrogen (secondary N) is 1. The van der Waals surface area contributed by atoms with Gasteiger partial charge in [-0.25, -0.2) is 0 Å². The van der Waals surface area contributed by atoms with E-state index in [-0.39, 0.29) is 5.91 Å². The van der Waals surface area contributed by atoms with Crippen LogP contribution < -0.4 is 14.8 Å². The van der Waals surface area contributed by atoms with Crippen LogP contribution in [0.15, 0.2) is 18.2 Å². The molecule has 18 heavy (non-hydrogen) atoms. The van der Waals surface area contributed by atoms with Crippen LogP contribution in [-0.4, -0.2) is 26.2 Å². The summed E-state index contributed by atoms with van der Waals surface area (Å²) in [4.78, 5) is 10.7. The summed E-state index contributed by atoms with van der Waals surface area (Å²) < 4.78 is 10.9. The van der Waals surface area contributed by atoms with Gasteiger partial charge in [0.1, 0.15) is 6.61 Å². The van der Waals surface area contributed by atoms with Crippen LogP contribution in [-0.2, 0) is 11.2 Å². The zero-order valence-corrected chi connectivity index (χ0v) is 11.3. The van der Waals surface area contributed by atoms with E-state index in [9.17, 15) is 4.79 Å². The molecule has 1 aromatic rings. The lowest BCUT2D eigenvalue weighted by molar-refractivity contribution is -0.119. The van der Waals surface area contributed by atoms with E-state index < -0.39 is 0 Å². The fraction of sp³-hybridized carbons (Fsp3) is 0.500. The first-order chi connectivity index (χ1) is 8.67. The van der Waals surface area contributed by atoms with Gasteiger partial charge < -0.3 is 14.8 Å². The Balaban J connectivity index is 2.56. The predicted octanol–water partition coefficient (Wildman–Crippen LogP) is 2.16. The van der Waals surface area contributed by atoms with E-state index >= 15 is 0 Å². The number of ether oxygens (including phenoxy) is 2. The summed E-state index contributed by atoms with van der Waals surface area (Å²) >= 11 is 0. The largest absolute Gasteiger partial charge is 0.493 e. The predicted molar refractivity (Wildman–Crippen MR) is 71.2 cm³/mol. The lowest BCUT2D eigenvalue weighted by Gasteiger charge is -2.12. The van der Waals surface area contributed by atoms with Gasteiger partial charge in [-0.15, -0.1) is 0 Å². The summed E-state index contributed by atoms with van der Waals surface area (Å²) in [5, 5.41) is 2.68. The van der Waals surface area contributed by atoms with Gasteiger partial charge in [0, 0.05) is 6.92 Å². The molecule has 1 amide bonds. The van der Waals surface area contributed by atoms with Gasteiger partial charge in [-0.2, -0.15) is 0 Å². The molecule has 0 radical (unpaired) electrons. The Labute approximate surface area is 108 Å². The van der Waals surface area contributed by atoms with E-state index in [1.54, 1.807) is 7.11 Å². The molecule has 4 heteroatoms. The molecule has 1 rings (SSSR count). The Morgan fingerprint density at radius 2 is 2.11 bits per heavy atom. The number of carbonyl (C=O) groups excluding carboxylic acids is 1. The summed E-state index contributed by atoms with van der Waals surface area (Å²) in [5.41, 5.74) is 1.24. The van der Waals surface area contributed by atoms with Crippen molar-refractivity contribution in [2.24, 2.45) is 0 Å². The van der Waals surface area contributed by atoms with Crippen LogP contribution in [0.4, 0.5) is 0 Å². The molecule has 0 aliphatic heterocycles. The zero-order chi connectivity index (χ0) is 13.4. The van der Waals surface area contributed by atoms with Crippen LogP contribution in [0.5, 0.6) is 11.5 Å². The maximum Gasteiger partial charge on any atom is 0.216 e. The van der Waals surface area contributed by atoms with Gasteiger partial charge >= 0.3 is 0 Å². The van der Waals surface area contributed by atoms with Crippen LogP contribution in [0.3, 0.4) is 0 Å². The highest BCUT2D eigenvalue weighted by Crippen LogP contribution is 2.28. The molecule has 100 valence electrons. The van der Waals surface area contributed by atoms with Crippen molar-refractivity contribution in [1.82, 2.24) is 5.32 Å². The molecular formula is C14H21NO3. The topological polar surface area (TPSA) is 47.6 Å². The molecule has 0 aliphatic carbocycles. The minimum absolute atomic E-state index is 0.0520. The fourth-order valence-electron chi connectivity index (χ4n) is 1.66. The van der Waals surface area contributed by atoms with Crippen molar-refractivity contribution in [2.45, 2.75) is 26.7 Å². The maximum absolute atomic E-state index is 10.7. The Morgan fingerprint density at radius 1 is 1.33 bits per heavy atom. The van der Waals surface area contributed by atoms with E-state index in [1.807, 2.05) is 18.2 Å². The van der Waals surface area contributed by atoms with Gasteiger partial charge in [-0.1, -0.05) is 19.4 Å². The van der Waals surface area contributed by atoms with Gasteiger partial charge in [-0.3, -0.25) is 4.79 Å². The van der Waals surface area contributed by atoms with Gasteiger partial charge in [0.25, 0.3) is 0 Å². The molecule has 0 aliphatic rings. The van der Waals surface area contributed by atoms with Crippen LogP contribution in [0, 0.1) is 0 Å². The number of rotatable bonds is 7. The third kappa shape index (κ3) is 4.65. The van der Waals surface area contributed by atoms with Crippen molar-refractivity contribution in [3.8, 4) is 11.5 Å². The molecule has 0 bridgehead atoms. The Hall–Kier alpha value is -1.71. The molecule has 4 nitrogen and oxygen atoms in total. The Morgan fingerprint density at radius 3 is 2.72 bits per heavy atom. The van der Waals surface area contributed by atoms with E-state index in [1.165, 1.54) is 12.5 Å². The van der Waals surface area contributed by atoms with Crippen molar-refractivity contribution in [3.05, 3.63) is 23.8 Å². The third-order valence-corrected chi connectivity index (χ3v) is 2.50. The normalized spacial score (nSPS) is 9.94. The van der Waals surface area contributed by atoms with Gasteiger partial charge in [-0.05, 0) is 24.1 Å². The first-order valence-electron chi connectivity index (χ1n) is 6.21. The maximum atomic E-state index is 10.7. The lowest BCUT2D eigenvalue weighted by atomic mass is 10.1. The minimum Gasteiger partial charge on any atom is -0.493 e. The summed E-state index contributed by atoms with van der Waals surface area (Å²) in [6.07, 6.45) is 2.13. The molecule has 1 N–H and O–H groups in total. The summed E-state index contributed by atoms with van der Waals surface area (Å²) in [6.45, 7) is 4.56. The summed E-state index contributed by atoms with van der Waals surface area (Å²) in [5.74, 6) is 1.40. The van der Waals surface area contributed by atoms with Gasteiger partial charge in [0.05, 0.1) is 13.7 Å². The van der Waals surface area contributed by atoms with E-state index in [0.29, 0.717) is 18.9 Å². The average Bonchev–Trinajstić information content (AvgIpc) is 2.35. The van der Waals surface area contributed by atoms with Crippen molar-refractivity contribution in [1.29, 1.82) is 0 Å². The second-order valence-corrected chi connectivity index (χ2v) is 4.07. The van der Waals surface area contributed by atoms with Crippen molar-refractivity contribution in [3.63, 3.8) is 0 Å². The number of carbonyl (C=O) groups is 1. The highest BCUT2D eigenvalue weighted by atomic mass is 16.5. The van der Waals surface area contributed by atoms with E-state index in [4.69, 9.17) is 9.47 Å². The molecule has 0 spiro atoms. The molecule has 0 saturated heterocycles. The molecule has 0 saturated carbocycles. The number of amides is 1. The van der Waals surface area contributed by atoms with Crippen molar-refractivity contribution >= 4 is 5.91 Å². The van der Waals surface area contributed by atoms with Crippen molar-refractivity contribution in [2.75, 3.05) is 20.3 Å². The number of hydrogen-bond donors (Lipinski definition) is 1. The smallest absolute Gasteiger partial charge is 0.216 e. The highest BCUT2D eigenvalue weighted by molar-refractivity contribution is 5.72. The van der Waals surface area contributed by atoms with Crippen LogP contribution in [0.1, 0.15) is 25.8 Å². The second kappa shape index (κ2) is 7.58. The van der Waals surface area contributed by atoms with Gasteiger partial charge in [0.15, 0.2) is 11.5 Å². The van der Waals surface area contributed by atoms with E-state index in [2.05, 4.69) is 12.2 Å². The SMILES string of the molecule is CCCc1ccc(OCCNC(C)=O)c(OC)c1. The van der Waals surface area contributed by atoms with Crippen LogP contribution in [0.2, 0.25) is 0 Å². The molecule has 0 fully saturated rings. The molecule has 0 unspecified atom stereocenters. The molecular weight excluding hydrogens is 230 g/mol. The standard InChI is InChI=1S/C14H21NO3/c1-4-5-12-6-7-13(14(10-12)17-3)18-9-8-15-11(2)16/h6-7,10H,4-5,8-9H2,1-3H3,(H,15,16). The van der Waals surface area contributed by atoms with Crippen LogP contribution >= 0.6 is 0 Å². The van der Waals surface area contributed by atoms with E-state index in [0.717, 1.165) is 18.6 Å². The second-order valence-electron chi connectivity index (χ2n) is 4.07. The molecule has 0 aromatic heterocycles. The first-order valence-corrected chi connectivity index (χ1v) is 6.21. The van der Waals surface area contributed by atoms with Crippen LogP contribution in [0.25, 0.3) is 0 Å². The summed E-state index contributed by atoms with van der Waals surface area (Å²) in [6, 6.07) is 5.95. The number of hydrogen-bond acceptors (Lipinski definition) is 3. The molecule has 0 heterocycles. The quantitative estimate of drug-likeness (QED) is 0.755. The highest BCUT2D eigenvalue weighted by Gasteiger charge is 2.05. The lowest BCUT2D eigenvalue weighted by Crippen LogP contribution is -2.25. The monoisotopic (exact) mass is 251 g/mol. The van der Waals surface area contributed by atoms with Gasteiger partial charge in [0.2, 0.25) is 5.91 Å². The molecule has 0 atom stereocenters. The van der Waals surface area contributed by atoms with Crippen molar-refractivity contribution < 1.29 is 14.3 Å². The fourth-order valence-corrected chi connectivity index (χ4v) is 1.66. The average molecular weight is 251 g/mol.